The summed E-state index contributed by atoms with van der Waals surface area (Å²) < 4.78 is 0. The van der Waals surface area contributed by atoms with E-state index in [1.807, 2.05) is 0 Å². The summed E-state index contributed by atoms with van der Waals surface area (Å²) in [6, 6.07) is 0.572. The SMILES string of the molecule is Cl.O=C(CNCC1CC1)N1CCCC1C1CCCC1. The third-order valence-corrected chi connectivity index (χ3v) is 4.97. The number of halogens is 1. The number of nitrogens with one attached hydrogen (secondary N) is 1. The van der Waals surface area contributed by atoms with Gasteiger partial charge in [0.2, 0.25) is 5.91 Å². The van der Waals surface area contributed by atoms with E-state index in [2.05, 4.69) is 10.2 Å². The summed E-state index contributed by atoms with van der Waals surface area (Å²) in [5.41, 5.74) is 0. The summed E-state index contributed by atoms with van der Waals surface area (Å²) in [5, 5.41) is 3.34. The molecule has 0 radical (unpaired) electrons. The highest BCUT2D eigenvalue weighted by Gasteiger charge is 2.35. The fraction of sp³-hybridized carbons (Fsp3) is 0.933. The molecule has 3 rings (SSSR count). The van der Waals surface area contributed by atoms with Crippen LogP contribution in [0.4, 0.5) is 0 Å². The van der Waals surface area contributed by atoms with Gasteiger partial charge >= 0.3 is 0 Å². The van der Waals surface area contributed by atoms with E-state index in [-0.39, 0.29) is 12.4 Å². The molecule has 3 nitrogen and oxygen atoms in total. The van der Waals surface area contributed by atoms with Gasteiger partial charge in [-0.1, -0.05) is 12.8 Å². The van der Waals surface area contributed by atoms with E-state index in [1.54, 1.807) is 0 Å². The minimum atomic E-state index is 0. The van der Waals surface area contributed by atoms with Crippen LogP contribution in [0.3, 0.4) is 0 Å². The van der Waals surface area contributed by atoms with Crippen molar-refractivity contribution in [2.75, 3.05) is 19.6 Å². The Morgan fingerprint density at radius 2 is 1.79 bits per heavy atom. The summed E-state index contributed by atoms with van der Waals surface area (Å²) in [6.45, 7) is 2.62. The molecule has 0 spiro atoms. The first kappa shape index (κ1) is 15.1. The molecule has 1 heterocycles. The second-order valence-electron chi connectivity index (χ2n) is 6.42. The molecule has 4 heteroatoms. The van der Waals surface area contributed by atoms with Crippen molar-refractivity contribution >= 4 is 18.3 Å². The zero-order valence-electron chi connectivity index (χ0n) is 11.8. The summed E-state index contributed by atoms with van der Waals surface area (Å²) in [4.78, 5) is 14.5. The smallest absolute Gasteiger partial charge is 0.236 e. The van der Waals surface area contributed by atoms with E-state index in [0.717, 1.165) is 24.9 Å². The molecule has 3 aliphatic rings. The third kappa shape index (κ3) is 3.85. The molecule has 2 aliphatic carbocycles. The molecule has 1 aliphatic heterocycles. The van der Waals surface area contributed by atoms with Crippen molar-refractivity contribution in [2.24, 2.45) is 11.8 Å². The van der Waals surface area contributed by atoms with E-state index < -0.39 is 0 Å². The molecule has 2 saturated carbocycles. The molecular weight excluding hydrogens is 260 g/mol. The van der Waals surface area contributed by atoms with E-state index in [9.17, 15) is 4.79 Å². The Bertz CT molecular complexity index is 301. The van der Waals surface area contributed by atoms with Crippen LogP contribution in [0.2, 0.25) is 0 Å². The van der Waals surface area contributed by atoms with Gasteiger partial charge in [-0.25, -0.2) is 0 Å². The van der Waals surface area contributed by atoms with E-state index >= 15 is 0 Å². The number of hydrogen-bond acceptors (Lipinski definition) is 2. The van der Waals surface area contributed by atoms with E-state index in [0.29, 0.717) is 18.5 Å². The maximum atomic E-state index is 12.3. The minimum Gasteiger partial charge on any atom is -0.338 e. The van der Waals surface area contributed by atoms with E-state index in [4.69, 9.17) is 0 Å². The van der Waals surface area contributed by atoms with Crippen molar-refractivity contribution in [3.8, 4) is 0 Å². The van der Waals surface area contributed by atoms with Gasteiger partial charge in [-0.2, -0.15) is 0 Å². The fourth-order valence-corrected chi connectivity index (χ4v) is 3.74. The van der Waals surface area contributed by atoms with Gasteiger partial charge in [-0.15, -0.1) is 12.4 Å². The zero-order chi connectivity index (χ0) is 12.4. The monoisotopic (exact) mass is 286 g/mol. The van der Waals surface area contributed by atoms with Crippen molar-refractivity contribution < 1.29 is 4.79 Å². The average molecular weight is 287 g/mol. The van der Waals surface area contributed by atoms with Crippen LogP contribution in [0.15, 0.2) is 0 Å². The van der Waals surface area contributed by atoms with Gasteiger partial charge in [0.15, 0.2) is 0 Å². The minimum absolute atomic E-state index is 0. The normalized spacial score (nSPS) is 27.6. The fourth-order valence-electron chi connectivity index (χ4n) is 3.74. The van der Waals surface area contributed by atoms with Gasteiger partial charge in [-0.05, 0) is 56.9 Å². The Morgan fingerprint density at radius 1 is 1.05 bits per heavy atom. The van der Waals surface area contributed by atoms with Gasteiger partial charge in [0.25, 0.3) is 0 Å². The van der Waals surface area contributed by atoms with Crippen LogP contribution >= 0.6 is 12.4 Å². The number of hydrogen-bond donors (Lipinski definition) is 1. The highest BCUT2D eigenvalue weighted by Crippen LogP contribution is 2.35. The summed E-state index contributed by atoms with van der Waals surface area (Å²) in [5.74, 6) is 2.02. The number of rotatable bonds is 5. The first-order valence-electron chi connectivity index (χ1n) is 7.85. The van der Waals surface area contributed by atoms with Crippen LogP contribution in [-0.4, -0.2) is 36.5 Å². The second kappa shape index (κ2) is 6.94. The lowest BCUT2D eigenvalue weighted by Gasteiger charge is -2.29. The molecule has 1 atom stereocenters. The van der Waals surface area contributed by atoms with Crippen molar-refractivity contribution in [1.29, 1.82) is 0 Å². The Balaban J connectivity index is 0.00000133. The van der Waals surface area contributed by atoms with Gasteiger partial charge < -0.3 is 10.2 Å². The molecule has 0 aromatic rings. The van der Waals surface area contributed by atoms with Gasteiger partial charge in [0.1, 0.15) is 0 Å². The van der Waals surface area contributed by atoms with Crippen LogP contribution in [-0.2, 0) is 4.79 Å². The van der Waals surface area contributed by atoms with Crippen molar-refractivity contribution in [3.05, 3.63) is 0 Å². The maximum Gasteiger partial charge on any atom is 0.236 e. The van der Waals surface area contributed by atoms with Gasteiger partial charge in [0.05, 0.1) is 6.54 Å². The summed E-state index contributed by atoms with van der Waals surface area (Å²) >= 11 is 0. The second-order valence-corrected chi connectivity index (χ2v) is 6.42. The molecular formula is C15H27ClN2O. The maximum absolute atomic E-state index is 12.3. The number of carbonyl (C=O) groups excluding carboxylic acids is 1. The highest BCUT2D eigenvalue weighted by atomic mass is 35.5. The Labute approximate surface area is 122 Å². The lowest BCUT2D eigenvalue weighted by Crippen LogP contribution is -2.44. The van der Waals surface area contributed by atoms with Crippen molar-refractivity contribution in [3.63, 3.8) is 0 Å². The highest BCUT2D eigenvalue weighted by molar-refractivity contribution is 5.85. The number of nitrogens with zero attached hydrogens (tertiary/aromatic N) is 1. The van der Waals surface area contributed by atoms with Crippen LogP contribution in [0, 0.1) is 11.8 Å². The quantitative estimate of drug-likeness (QED) is 0.842. The molecule has 1 N–H and O–H groups in total. The molecule has 19 heavy (non-hydrogen) atoms. The lowest BCUT2D eigenvalue weighted by molar-refractivity contribution is -0.131. The average Bonchev–Trinajstić information content (AvgIpc) is 2.88. The Kier molecular flexibility index (Phi) is 5.52. The molecule has 0 aromatic carbocycles. The standard InChI is InChI=1S/C15H26N2O.ClH/c18-15(11-16-10-12-7-8-12)17-9-3-6-14(17)13-4-1-2-5-13;/h12-14,16H,1-11H2;1H. The lowest BCUT2D eigenvalue weighted by atomic mass is 9.96. The van der Waals surface area contributed by atoms with Crippen LogP contribution in [0.25, 0.3) is 0 Å². The molecule has 110 valence electrons. The first-order valence-corrected chi connectivity index (χ1v) is 7.85. The largest absolute Gasteiger partial charge is 0.338 e. The van der Waals surface area contributed by atoms with Crippen LogP contribution in [0.5, 0.6) is 0 Å². The van der Waals surface area contributed by atoms with Gasteiger partial charge in [0, 0.05) is 12.6 Å². The molecule has 0 aromatic heterocycles. The predicted molar refractivity (Wildman–Crippen MR) is 79.5 cm³/mol. The number of likely N-dealkylation sites (tertiary alicyclic amines) is 1. The molecule has 1 amide bonds. The first-order chi connectivity index (χ1) is 8.84. The van der Waals surface area contributed by atoms with Crippen LogP contribution in [0.1, 0.15) is 51.4 Å². The van der Waals surface area contributed by atoms with Crippen LogP contribution < -0.4 is 5.32 Å². The van der Waals surface area contributed by atoms with Crippen molar-refractivity contribution in [1.82, 2.24) is 10.2 Å². The summed E-state index contributed by atoms with van der Waals surface area (Å²) in [7, 11) is 0. The van der Waals surface area contributed by atoms with Crippen molar-refractivity contribution in [2.45, 2.75) is 57.4 Å². The molecule has 0 bridgehead atoms. The third-order valence-electron chi connectivity index (χ3n) is 4.97. The number of carbonyl (C=O) groups is 1. The number of amides is 1. The van der Waals surface area contributed by atoms with E-state index in [1.165, 1.54) is 51.4 Å². The molecule has 3 fully saturated rings. The molecule has 1 saturated heterocycles. The Morgan fingerprint density at radius 3 is 2.47 bits per heavy atom. The topological polar surface area (TPSA) is 32.3 Å². The molecule has 1 unspecified atom stereocenters. The van der Waals surface area contributed by atoms with Gasteiger partial charge in [-0.3, -0.25) is 4.79 Å². The Hall–Kier alpha value is -0.280. The summed E-state index contributed by atoms with van der Waals surface area (Å²) in [6.07, 6.45) is 10.6. The zero-order valence-corrected chi connectivity index (χ0v) is 12.6. The predicted octanol–water partition coefficient (Wildman–Crippen LogP) is 2.59.